The highest BCUT2D eigenvalue weighted by Crippen LogP contribution is 2.09. The fraction of sp³-hybridized carbons (Fsp3) is 0.700. The van der Waals surface area contributed by atoms with Gasteiger partial charge in [0, 0.05) is 6.61 Å². The molecule has 0 amide bonds. The third-order valence-corrected chi connectivity index (χ3v) is 1.87. The summed E-state index contributed by atoms with van der Waals surface area (Å²) in [6.07, 6.45) is 5.45. The van der Waals surface area contributed by atoms with Gasteiger partial charge >= 0.3 is 0 Å². The Morgan fingerprint density at radius 2 is 2.54 bits per heavy atom. The highest BCUT2D eigenvalue weighted by atomic mass is 16.6. The number of epoxide rings is 1. The molecule has 73 valence electrons. The molecule has 1 radical (unpaired) electrons. The van der Waals surface area contributed by atoms with Crippen molar-refractivity contribution in [3.8, 4) is 0 Å². The Morgan fingerprint density at radius 1 is 1.77 bits per heavy atom. The fourth-order valence-corrected chi connectivity index (χ4v) is 1.00. The summed E-state index contributed by atoms with van der Waals surface area (Å²) < 4.78 is 10.3. The first kappa shape index (κ1) is 10.4. The molecule has 13 heavy (non-hydrogen) atoms. The number of allylic oxidation sites excluding steroid dienone is 2. The van der Waals surface area contributed by atoms with Gasteiger partial charge in [-0.3, -0.25) is 4.79 Å². The fourth-order valence-electron chi connectivity index (χ4n) is 1.00. The lowest BCUT2D eigenvalue weighted by atomic mass is 10.2. The van der Waals surface area contributed by atoms with Crippen LogP contribution in [0.25, 0.3) is 0 Å². The molecule has 3 nitrogen and oxygen atoms in total. The Labute approximate surface area is 78.7 Å². The molecule has 1 saturated heterocycles. The van der Waals surface area contributed by atoms with Crippen LogP contribution in [0.5, 0.6) is 0 Å². The second kappa shape index (κ2) is 5.89. The van der Waals surface area contributed by atoms with Crippen molar-refractivity contribution in [2.24, 2.45) is 0 Å². The summed E-state index contributed by atoms with van der Waals surface area (Å²) in [5.74, 6) is 0. The average Bonchev–Trinajstić information content (AvgIpc) is 2.88. The van der Waals surface area contributed by atoms with Gasteiger partial charge in [0.1, 0.15) is 6.10 Å². The summed E-state index contributed by atoms with van der Waals surface area (Å²) in [5.41, 5.74) is 1.06. The van der Waals surface area contributed by atoms with Crippen LogP contribution in [-0.2, 0) is 14.3 Å². The largest absolute Gasteiger partial charge is 0.379 e. The van der Waals surface area contributed by atoms with Crippen LogP contribution in [0.1, 0.15) is 19.8 Å². The van der Waals surface area contributed by atoms with Crippen LogP contribution in [0, 0.1) is 0 Å². The lowest BCUT2D eigenvalue weighted by molar-refractivity contribution is 0.114. The Hall–Kier alpha value is -0.670. The summed E-state index contributed by atoms with van der Waals surface area (Å²) in [7, 11) is 0. The van der Waals surface area contributed by atoms with Gasteiger partial charge in [-0.25, -0.2) is 0 Å². The highest BCUT2D eigenvalue weighted by molar-refractivity contribution is 5.66. The normalized spacial score (nSPS) is 21.6. The highest BCUT2D eigenvalue weighted by Gasteiger charge is 2.21. The molecule has 0 bridgehead atoms. The number of rotatable bonds is 7. The van der Waals surface area contributed by atoms with Crippen molar-refractivity contribution >= 4 is 6.29 Å². The molecule has 0 N–H and O–H groups in total. The Morgan fingerprint density at radius 3 is 3.15 bits per heavy atom. The standard InChI is InChI=1S/C10H15O3/c1-9(4-5-11)3-2-6-12-7-10-8-13-10/h4,10H,2-3,6-8H2,1H3. The van der Waals surface area contributed by atoms with Crippen LogP contribution in [0.4, 0.5) is 0 Å². The summed E-state index contributed by atoms with van der Waals surface area (Å²) >= 11 is 0. The summed E-state index contributed by atoms with van der Waals surface area (Å²) in [6.45, 7) is 4.22. The third-order valence-electron chi connectivity index (χ3n) is 1.87. The van der Waals surface area contributed by atoms with E-state index in [0.717, 1.165) is 31.6 Å². The van der Waals surface area contributed by atoms with E-state index in [9.17, 15) is 4.79 Å². The van der Waals surface area contributed by atoms with Gasteiger partial charge in [0.05, 0.1) is 13.2 Å². The zero-order valence-corrected chi connectivity index (χ0v) is 7.91. The first-order valence-electron chi connectivity index (χ1n) is 4.55. The Balaban J connectivity index is 1.87. The second-order valence-electron chi connectivity index (χ2n) is 3.24. The van der Waals surface area contributed by atoms with Gasteiger partial charge in [-0.1, -0.05) is 5.57 Å². The van der Waals surface area contributed by atoms with E-state index < -0.39 is 0 Å². The molecule has 1 aliphatic heterocycles. The lowest BCUT2D eigenvalue weighted by Crippen LogP contribution is -2.02. The van der Waals surface area contributed by atoms with E-state index in [1.165, 1.54) is 6.08 Å². The number of hydrogen-bond acceptors (Lipinski definition) is 3. The Bertz CT molecular complexity index is 183. The predicted octanol–water partition coefficient (Wildman–Crippen LogP) is 1.24. The van der Waals surface area contributed by atoms with E-state index in [2.05, 4.69) is 0 Å². The van der Waals surface area contributed by atoms with Crippen LogP contribution in [0.15, 0.2) is 11.6 Å². The van der Waals surface area contributed by atoms with Crippen molar-refractivity contribution in [2.75, 3.05) is 19.8 Å². The topological polar surface area (TPSA) is 38.8 Å². The quantitative estimate of drug-likeness (QED) is 0.338. The summed E-state index contributed by atoms with van der Waals surface area (Å²) in [6, 6.07) is 0. The molecular formula is C10H15O3. The first-order valence-corrected chi connectivity index (χ1v) is 4.55. The number of carbonyl (C=O) groups excluding carboxylic acids is 1. The van der Waals surface area contributed by atoms with Crippen molar-refractivity contribution in [3.63, 3.8) is 0 Å². The third kappa shape index (κ3) is 5.55. The molecule has 0 spiro atoms. The monoisotopic (exact) mass is 183 g/mol. The molecule has 0 aliphatic carbocycles. The number of ether oxygens (including phenoxy) is 2. The molecule has 1 atom stereocenters. The van der Waals surface area contributed by atoms with E-state index in [1.54, 1.807) is 6.29 Å². The molecule has 1 aliphatic rings. The minimum atomic E-state index is 0.347. The zero-order valence-electron chi connectivity index (χ0n) is 7.91. The molecule has 0 aromatic carbocycles. The van der Waals surface area contributed by atoms with Gasteiger partial charge in [-0.05, 0) is 25.8 Å². The predicted molar refractivity (Wildman–Crippen MR) is 49.2 cm³/mol. The van der Waals surface area contributed by atoms with Gasteiger partial charge in [0.15, 0.2) is 0 Å². The first-order chi connectivity index (χ1) is 6.33. The van der Waals surface area contributed by atoms with Gasteiger partial charge in [0.2, 0.25) is 6.29 Å². The van der Waals surface area contributed by atoms with Gasteiger partial charge in [-0.15, -0.1) is 0 Å². The van der Waals surface area contributed by atoms with E-state index in [0.29, 0.717) is 12.7 Å². The van der Waals surface area contributed by atoms with E-state index in [4.69, 9.17) is 9.47 Å². The van der Waals surface area contributed by atoms with Crippen LogP contribution in [0.2, 0.25) is 0 Å². The lowest BCUT2D eigenvalue weighted by Gasteiger charge is -2.01. The maximum atomic E-state index is 9.95. The van der Waals surface area contributed by atoms with Crippen LogP contribution < -0.4 is 0 Å². The molecule has 1 rings (SSSR count). The van der Waals surface area contributed by atoms with Crippen LogP contribution in [-0.4, -0.2) is 32.2 Å². The second-order valence-corrected chi connectivity index (χ2v) is 3.24. The van der Waals surface area contributed by atoms with E-state index in [1.807, 2.05) is 6.92 Å². The maximum Gasteiger partial charge on any atom is 0.225 e. The summed E-state index contributed by atoms with van der Waals surface area (Å²) in [4.78, 5) is 9.95. The minimum Gasteiger partial charge on any atom is -0.379 e. The molecule has 0 saturated carbocycles. The molecule has 1 fully saturated rings. The van der Waals surface area contributed by atoms with Gasteiger partial charge in [-0.2, -0.15) is 0 Å². The molecule has 3 heteroatoms. The molecule has 0 aromatic heterocycles. The van der Waals surface area contributed by atoms with Crippen molar-refractivity contribution in [1.82, 2.24) is 0 Å². The summed E-state index contributed by atoms with van der Waals surface area (Å²) in [5, 5.41) is 0. The SMILES string of the molecule is CC(=C[C]=O)CCCOCC1CO1. The van der Waals surface area contributed by atoms with Crippen LogP contribution >= 0.6 is 0 Å². The van der Waals surface area contributed by atoms with E-state index >= 15 is 0 Å². The van der Waals surface area contributed by atoms with Crippen molar-refractivity contribution in [3.05, 3.63) is 11.6 Å². The van der Waals surface area contributed by atoms with Crippen LogP contribution in [0.3, 0.4) is 0 Å². The molecule has 1 heterocycles. The van der Waals surface area contributed by atoms with Crippen molar-refractivity contribution < 1.29 is 14.3 Å². The Kier molecular flexibility index (Phi) is 4.72. The number of hydrogen-bond donors (Lipinski definition) is 0. The minimum absolute atomic E-state index is 0.347. The molecular weight excluding hydrogens is 168 g/mol. The van der Waals surface area contributed by atoms with Gasteiger partial charge < -0.3 is 9.47 Å². The molecule has 1 unspecified atom stereocenters. The van der Waals surface area contributed by atoms with Gasteiger partial charge in [0.25, 0.3) is 0 Å². The smallest absolute Gasteiger partial charge is 0.225 e. The molecule has 0 aromatic rings. The van der Waals surface area contributed by atoms with Crippen molar-refractivity contribution in [2.45, 2.75) is 25.9 Å². The maximum absolute atomic E-state index is 9.95. The zero-order chi connectivity index (χ0) is 9.52. The van der Waals surface area contributed by atoms with E-state index in [-0.39, 0.29) is 0 Å². The average molecular weight is 183 g/mol. The van der Waals surface area contributed by atoms with Crippen molar-refractivity contribution in [1.29, 1.82) is 0 Å².